The molecule has 0 amide bonds. The van der Waals surface area contributed by atoms with E-state index in [1.54, 1.807) is 0 Å². The molecule has 3 atom stereocenters. The van der Waals surface area contributed by atoms with E-state index in [0.717, 1.165) is 12.8 Å². The van der Waals surface area contributed by atoms with Gasteiger partial charge in [-0.2, -0.15) is 4.44 Å². The van der Waals surface area contributed by atoms with Crippen molar-refractivity contribution in [3.63, 3.8) is 0 Å². The van der Waals surface area contributed by atoms with Crippen LogP contribution in [0.15, 0.2) is 156 Å². The second kappa shape index (κ2) is 15.1. The minimum absolute atomic E-state index is 0.980. The molecule has 5 aromatic rings. The van der Waals surface area contributed by atoms with Crippen molar-refractivity contribution in [1.29, 1.82) is 0 Å². The van der Waals surface area contributed by atoms with Crippen molar-refractivity contribution in [3.05, 3.63) is 152 Å². The average molecular weight is 634 g/mol. The molecule has 1 saturated heterocycles. The van der Waals surface area contributed by atoms with Crippen LogP contribution in [0, 0.1) is 0 Å². The standard InChI is InChI=1S/C37H40N4P3/c1-2-3-4-5-21-32-38-44(37-30-19-10-20-31-37)39-42(35-26-15-8-16-27-35)40(33-22-11-6-12-23-33)43(36-28-17-9-18-29-36)41(44)34-24-13-7-14-25-34/h6-20,22-32,39H,2-5,21H2,1H3/q+1. The van der Waals surface area contributed by atoms with Crippen molar-refractivity contribution in [2.75, 3.05) is 8.88 Å². The Hall–Kier alpha value is -3.38. The highest BCUT2D eigenvalue weighted by molar-refractivity contribution is 8.04. The van der Waals surface area contributed by atoms with Crippen molar-refractivity contribution in [1.82, 2.24) is 4.86 Å². The second-order valence-electron chi connectivity index (χ2n) is 10.7. The van der Waals surface area contributed by atoms with Crippen LogP contribution < -0.4 is 29.7 Å². The van der Waals surface area contributed by atoms with Crippen LogP contribution in [-0.2, 0) is 0 Å². The summed E-state index contributed by atoms with van der Waals surface area (Å²) in [6, 6.07) is 54.9. The Kier molecular flexibility index (Phi) is 10.5. The van der Waals surface area contributed by atoms with Gasteiger partial charge in [-0.3, -0.25) is 4.44 Å². The van der Waals surface area contributed by atoms with Crippen LogP contribution >= 0.6 is 24.2 Å². The number of para-hydroxylation sites is 2. The highest BCUT2D eigenvalue weighted by Crippen LogP contribution is 2.79. The van der Waals surface area contributed by atoms with Crippen molar-refractivity contribution >= 4 is 57.7 Å². The largest absolute Gasteiger partial charge is 0.338 e. The van der Waals surface area contributed by atoms with Gasteiger partial charge in [0.25, 0.3) is 0 Å². The Labute approximate surface area is 266 Å². The van der Waals surface area contributed by atoms with E-state index < -0.39 is 24.2 Å². The molecule has 0 spiro atoms. The molecule has 4 nitrogen and oxygen atoms in total. The van der Waals surface area contributed by atoms with Crippen LogP contribution in [0.1, 0.15) is 39.0 Å². The molecule has 0 bridgehead atoms. The maximum Gasteiger partial charge on any atom is 0.338 e. The summed E-state index contributed by atoms with van der Waals surface area (Å²) in [6.07, 6.45) is 8.12. The van der Waals surface area contributed by atoms with Crippen molar-refractivity contribution in [2.45, 2.75) is 39.0 Å². The summed E-state index contributed by atoms with van der Waals surface area (Å²) in [4.78, 5) is 4.34. The van der Waals surface area contributed by atoms with Crippen molar-refractivity contribution < 1.29 is 0 Å². The summed E-state index contributed by atoms with van der Waals surface area (Å²) in [6.45, 7) is 2.27. The molecule has 7 heteroatoms. The van der Waals surface area contributed by atoms with Gasteiger partial charge >= 0.3 is 7.71 Å². The quantitative estimate of drug-likeness (QED) is 0.0893. The third-order valence-electron chi connectivity index (χ3n) is 7.57. The number of nitrogens with zero attached hydrogens (tertiary/aromatic N) is 3. The summed E-state index contributed by atoms with van der Waals surface area (Å²) in [7, 11) is -4.67. The molecule has 1 N–H and O–H groups in total. The normalized spacial score (nSPS) is 20.2. The zero-order valence-electron chi connectivity index (χ0n) is 25.2. The van der Waals surface area contributed by atoms with E-state index in [1.165, 1.54) is 46.6 Å². The first-order chi connectivity index (χ1) is 21.8. The van der Waals surface area contributed by atoms with E-state index in [-0.39, 0.29) is 0 Å². The van der Waals surface area contributed by atoms with Gasteiger partial charge in [0.05, 0.1) is 5.69 Å². The lowest BCUT2D eigenvalue weighted by Gasteiger charge is -2.51. The smallest absolute Gasteiger partial charge is 0.286 e. The predicted octanol–water partition coefficient (Wildman–Crippen LogP) is 10.0. The van der Waals surface area contributed by atoms with E-state index >= 15 is 0 Å². The number of nitrogens with one attached hydrogen (secondary N) is 1. The number of rotatable bonds is 11. The molecule has 1 aliphatic rings. The SMILES string of the molecule is CCCCCCC=N[P+]1(c2ccccc2)NP(c2ccccc2)N(c2ccccc2)P(c2ccccc2)N1c1ccccc1. The molecule has 0 saturated carbocycles. The molecule has 1 heterocycles. The third kappa shape index (κ3) is 6.66. The molecule has 3 unspecified atom stereocenters. The zero-order chi connectivity index (χ0) is 30.0. The number of unbranched alkanes of at least 4 members (excludes halogenated alkanes) is 4. The molecule has 0 aliphatic carbocycles. The van der Waals surface area contributed by atoms with Gasteiger partial charge in [0, 0.05) is 22.5 Å². The zero-order valence-corrected chi connectivity index (χ0v) is 27.9. The maximum atomic E-state index is 5.73. The lowest BCUT2D eigenvalue weighted by atomic mass is 10.2. The molecule has 5 aromatic carbocycles. The summed E-state index contributed by atoms with van der Waals surface area (Å²) < 4.78 is 11.1. The highest BCUT2D eigenvalue weighted by atomic mass is 31.3. The fourth-order valence-corrected chi connectivity index (χ4v) is 17.4. The second-order valence-corrected chi connectivity index (χ2v) is 17.9. The van der Waals surface area contributed by atoms with E-state index in [0.29, 0.717) is 0 Å². The third-order valence-corrected chi connectivity index (χ3v) is 17.4. The van der Waals surface area contributed by atoms with Gasteiger partial charge in [-0.25, -0.2) is 0 Å². The van der Waals surface area contributed by atoms with Crippen molar-refractivity contribution in [3.8, 4) is 0 Å². The Morgan fingerprint density at radius 3 is 1.73 bits per heavy atom. The Balaban J connectivity index is 1.63. The van der Waals surface area contributed by atoms with E-state index in [2.05, 4.69) is 179 Å². The summed E-state index contributed by atoms with van der Waals surface area (Å²) in [5.41, 5.74) is 2.39. The first-order valence-corrected chi connectivity index (χ1v) is 19.7. The minimum Gasteiger partial charge on any atom is -0.286 e. The van der Waals surface area contributed by atoms with Crippen LogP contribution in [0.4, 0.5) is 11.4 Å². The van der Waals surface area contributed by atoms with Crippen LogP contribution in [0.3, 0.4) is 0 Å². The monoisotopic (exact) mass is 633 g/mol. The molecule has 0 aromatic heterocycles. The van der Waals surface area contributed by atoms with Gasteiger partial charge in [0.2, 0.25) is 0 Å². The molecule has 44 heavy (non-hydrogen) atoms. The highest BCUT2D eigenvalue weighted by Gasteiger charge is 2.61. The van der Waals surface area contributed by atoms with Crippen LogP contribution in [-0.4, -0.2) is 6.21 Å². The fraction of sp³-hybridized carbons (Fsp3) is 0.162. The molecular weight excluding hydrogens is 593 g/mol. The Bertz CT molecular complexity index is 1590. The summed E-state index contributed by atoms with van der Waals surface area (Å²) in [5.74, 6) is 0. The van der Waals surface area contributed by atoms with Crippen LogP contribution in [0.2, 0.25) is 0 Å². The van der Waals surface area contributed by atoms with Gasteiger partial charge in [-0.1, -0.05) is 146 Å². The molecule has 1 fully saturated rings. The van der Waals surface area contributed by atoms with Crippen molar-refractivity contribution in [2.24, 2.45) is 4.76 Å². The van der Waals surface area contributed by atoms with E-state index in [1.807, 2.05) is 0 Å². The van der Waals surface area contributed by atoms with E-state index in [4.69, 9.17) is 4.76 Å². The van der Waals surface area contributed by atoms with Gasteiger partial charge in [0.1, 0.15) is 8.22 Å². The van der Waals surface area contributed by atoms with Gasteiger partial charge in [0.15, 0.2) is 13.5 Å². The maximum absolute atomic E-state index is 5.73. The molecule has 1 aliphatic heterocycles. The molecule has 6 rings (SSSR count). The number of hydrogen-bond donors (Lipinski definition) is 1. The van der Waals surface area contributed by atoms with Gasteiger partial charge < -0.3 is 0 Å². The summed E-state index contributed by atoms with van der Waals surface area (Å²) >= 11 is 0. The molecule has 0 radical (unpaired) electrons. The number of hydrogen-bond acceptors (Lipinski definition) is 4. The van der Waals surface area contributed by atoms with Gasteiger partial charge in [-0.15, -0.1) is 4.86 Å². The molecule has 222 valence electrons. The van der Waals surface area contributed by atoms with Gasteiger partial charge in [-0.05, 0) is 49.2 Å². The van der Waals surface area contributed by atoms with Crippen LogP contribution in [0.5, 0.6) is 0 Å². The Morgan fingerprint density at radius 1 is 0.614 bits per heavy atom. The lowest BCUT2D eigenvalue weighted by molar-refractivity contribution is 0.686. The fourth-order valence-electron chi connectivity index (χ4n) is 5.43. The Morgan fingerprint density at radius 2 is 1.14 bits per heavy atom. The first-order valence-electron chi connectivity index (χ1n) is 15.5. The van der Waals surface area contributed by atoms with E-state index in [9.17, 15) is 0 Å². The molecular formula is C37H40N4P3+. The average Bonchev–Trinajstić information content (AvgIpc) is 3.11. The summed E-state index contributed by atoms with van der Waals surface area (Å²) in [5, 5.41) is 3.84. The predicted molar refractivity (Wildman–Crippen MR) is 197 cm³/mol. The number of anilines is 2. The topological polar surface area (TPSA) is 30.9 Å². The number of benzene rings is 5. The lowest BCUT2D eigenvalue weighted by Crippen LogP contribution is -2.47. The minimum atomic E-state index is -2.56. The van der Waals surface area contributed by atoms with Crippen LogP contribution in [0.25, 0.3) is 0 Å². The first kappa shape index (κ1) is 30.6.